The Bertz CT molecular complexity index is 521. The Morgan fingerprint density at radius 2 is 2.17 bits per heavy atom. The van der Waals surface area contributed by atoms with E-state index in [1.54, 1.807) is 24.1 Å². The van der Waals surface area contributed by atoms with Crippen molar-refractivity contribution in [3.63, 3.8) is 0 Å². The smallest absolute Gasteiger partial charge is 0.241 e. The molecule has 3 N–H and O–H groups in total. The van der Waals surface area contributed by atoms with Crippen molar-refractivity contribution in [2.45, 2.75) is 12.5 Å². The van der Waals surface area contributed by atoms with Crippen LogP contribution in [0.5, 0.6) is 0 Å². The zero-order valence-corrected chi connectivity index (χ0v) is 10.2. The number of carbonyl (C=O) groups is 1. The van der Waals surface area contributed by atoms with Crippen LogP contribution in [0.3, 0.4) is 0 Å². The van der Waals surface area contributed by atoms with E-state index in [1.807, 2.05) is 30.3 Å². The van der Waals surface area contributed by atoms with E-state index in [-0.39, 0.29) is 5.91 Å². The number of hydrogen-bond donors (Lipinski definition) is 2. The molecular weight excluding hydrogens is 228 g/mol. The zero-order chi connectivity index (χ0) is 13.0. The summed E-state index contributed by atoms with van der Waals surface area (Å²) in [6, 6.07) is 9.15. The Kier molecular flexibility index (Phi) is 3.74. The van der Waals surface area contributed by atoms with Gasteiger partial charge in [0.25, 0.3) is 0 Å². The van der Waals surface area contributed by atoms with Crippen LogP contribution in [0.4, 0.5) is 5.69 Å². The fraction of sp³-hybridized carbons (Fsp3) is 0.231. The first kappa shape index (κ1) is 12.3. The molecule has 0 spiro atoms. The van der Waals surface area contributed by atoms with Gasteiger partial charge in [0.05, 0.1) is 17.9 Å². The van der Waals surface area contributed by atoms with Gasteiger partial charge in [-0.05, 0) is 12.0 Å². The Hall–Kier alpha value is -2.14. The van der Waals surface area contributed by atoms with Gasteiger partial charge >= 0.3 is 0 Å². The molecule has 5 heteroatoms. The average Bonchev–Trinajstić information content (AvgIpc) is 2.76. The molecule has 0 aliphatic carbocycles. The maximum absolute atomic E-state index is 11.9. The van der Waals surface area contributed by atoms with E-state index in [0.29, 0.717) is 12.1 Å². The second-order valence-electron chi connectivity index (χ2n) is 4.19. The third-order valence-electron chi connectivity index (χ3n) is 2.61. The molecule has 0 saturated heterocycles. The average molecular weight is 244 g/mol. The molecule has 5 nitrogen and oxygen atoms in total. The molecule has 1 aromatic heterocycles. The van der Waals surface area contributed by atoms with Crippen LogP contribution in [0.2, 0.25) is 0 Å². The summed E-state index contributed by atoms with van der Waals surface area (Å²) in [6.07, 6.45) is 3.84. The quantitative estimate of drug-likeness (QED) is 0.840. The first-order chi connectivity index (χ1) is 8.65. The number of benzene rings is 1. The van der Waals surface area contributed by atoms with Gasteiger partial charge in [-0.3, -0.25) is 9.48 Å². The maximum atomic E-state index is 11.9. The molecule has 0 aliphatic heterocycles. The Morgan fingerprint density at radius 3 is 2.78 bits per heavy atom. The summed E-state index contributed by atoms with van der Waals surface area (Å²) in [5.74, 6) is -0.202. The number of hydrogen-bond acceptors (Lipinski definition) is 3. The number of aryl methyl sites for hydroxylation is 1. The van der Waals surface area contributed by atoms with Gasteiger partial charge in [-0.25, -0.2) is 0 Å². The first-order valence-corrected chi connectivity index (χ1v) is 5.74. The molecule has 1 heterocycles. The number of nitrogens with zero attached hydrogens (tertiary/aromatic N) is 2. The lowest BCUT2D eigenvalue weighted by atomic mass is 10.1. The van der Waals surface area contributed by atoms with Crippen molar-refractivity contribution in [2.75, 3.05) is 5.32 Å². The predicted molar refractivity (Wildman–Crippen MR) is 70.0 cm³/mol. The highest BCUT2D eigenvalue weighted by molar-refractivity contribution is 5.94. The topological polar surface area (TPSA) is 72.9 Å². The number of nitrogens with two attached hydrogens (primary N) is 1. The van der Waals surface area contributed by atoms with Crippen LogP contribution < -0.4 is 11.1 Å². The van der Waals surface area contributed by atoms with E-state index in [2.05, 4.69) is 10.4 Å². The van der Waals surface area contributed by atoms with Crippen molar-refractivity contribution >= 4 is 11.6 Å². The largest absolute Gasteiger partial charge is 0.322 e. The number of anilines is 1. The highest BCUT2D eigenvalue weighted by Crippen LogP contribution is 2.06. The second kappa shape index (κ2) is 5.46. The Morgan fingerprint density at radius 1 is 1.44 bits per heavy atom. The number of carbonyl (C=O) groups excluding carboxylic acids is 1. The summed E-state index contributed by atoms with van der Waals surface area (Å²) < 4.78 is 1.62. The van der Waals surface area contributed by atoms with Crippen molar-refractivity contribution in [1.29, 1.82) is 0 Å². The standard InChI is InChI=1S/C13H16N4O/c1-17-9-11(8-15-17)16-13(18)12(14)7-10-5-3-2-4-6-10/h2-6,8-9,12H,7,14H2,1H3,(H,16,18)/t12-/m1/s1. The van der Waals surface area contributed by atoms with Crippen LogP contribution in [0.15, 0.2) is 42.7 Å². The molecule has 0 saturated carbocycles. The van der Waals surface area contributed by atoms with E-state index in [4.69, 9.17) is 5.73 Å². The summed E-state index contributed by atoms with van der Waals surface area (Å²) in [7, 11) is 1.79. The van der Waals surface area contributed by atoms with Gasteiger partial charge in [0.15, 0.2) is 0 Å². The summed E-state index contributed by atoms with van der Waals surface area (Å²) in [5.41, 5.74) is 7.57. The lowest BCUT2D eigenvalue weighted by molar-refractivity contribution is -0.117. The van der Waals surface area contributed by atoms with E-state index >= 15 is 0 Å². The molecular formula is C13H16N4O. The van der Waals surface area contributed by atoms with Gasteiger partial charge in [-0.2, -0.15) is 5.10 Å². The molecule has 2 rings (SSSR count). The highest BCUT2D eigenvalue weighted by atomic mass is 16.2. The molecule has 0 unspecified atom stereocenters. The van der Waals surface area contributed by atoms with Gasteiger partial charge in [-0.15, -0.1) is 0 Å². The molecule has 0 aliphatic rings. The van der Waals surface area contributed by atoms with Crippen LogP contribution in [-0.2, 0) is 18.3 Å². The fourth-order valence-corrected chi connectivity index (χ4v) is 1.68. The van der Waals surface area contributed by atoms with E-state index in [9.17, 15) is 4.79 Å². The molecule has 0 bridgehead atoms. The molecule has 18 heavy (non-hydrogen) atoms. The third-order valence-corrected chi connectivity index (χ3v) is 2.61. The first-order valence-electron chi connectivity index (χ1n) is 5.74. The number of nitrogens with one attached hydrogen (secondary N) is 1. The van der Waals surface area contributed by atoms with E-state index < -0.39 is 6.04 Å². The predicted octanol–water partition coefficient (Wildman–Crippen LogP) is 0.929. The lowest BCUT2D eigenvalue weighted by Gasteiger charge is -2.11. The lowest BCUT2D eigenvalue weighted by Crippen LogP contribution is -2.37. The molecule has 2 aromatic rings. The van der Waals surface area contributed by atoms with Crippen LogP contribution >= 0.6 is 0 Å². The summed E-state index contributed by atoms with van der Waals surface area (Å²) in [4.78, 5) is 11.9. The molecule has 1 amide bonds. The van der Waals surface area contributed by atoms with Gasteiger partial charge in [0.1, 0.15) is 0 Å². The normalized spacial score (nSPS) is 12.1. The minimum Gasteiger partial charge on any atom is -0.322 e. The molecule has 0 fully saturated rings. The van der Waals surface area contributed by atoms with Crippen molar-refractivity contribution in [1.82, 2.24) is 9.78 Å². The summed E-state index contributed by atoms with van der Waals surface area (Å²) in [6.45, 7) is 0. The monoisotopic (exact) mass is 244 g/mol. The number of rotatable bonds is 4. The molecule has 0 radical (unpaired) electrons. The van der Waals surface area contributed by atoms with Crippen LogP contribution in [0.25, 0.3) is 0 Å². The van der Waals surface area contributed by atoms with Crippen molar-refractivity contribution in [3.8, 4) is 0 Å². The summed E-state index contributed by atoms with van der Waals surface area (Å²) in [5, 5.41) is 6.71. The number of amides is 1. The number of aromatic nitrogens is 2. The van der Waals surface area contributed by atoms with Gasteiger partial charge in [-0.1, -0.05) is 30.3 Å². The third kappa shape index (κ3) is 3.18. The van der Waals surface area contributed by atoms with Crippen molar-refractivity contribution in [2.24, 2.45) is 12.8 Å². The molecule has 1 atom stereocenters. The van der Waals surface area contributed by atoms with Crippen molar-refractivity contribution < 1.29 is 4.79 Å². The molecule has 94 valence electrons. The van der Waals surface area contributed by atoms with Crippen LogP contribution in [0, 0.1) is 0 Å². The fourth-order valence-electron chi connectivity index (χ4n) is 1.68. The summed E-state index contributed by atoms with van der Waals surface area (Å²) >= 11 is 0. The zero-order valence-electron chi connectivity index (χ0n) is 10.2. The Balaban J connectivity index is 1.93. The molecule has 1 aromatic carbocycles. The Labute approximate surface area is 106 Å². The van der Waals surface area contributed by atoms with Crippen LogP contribution in [0.1, 0.15) is 5.56 Å². The van der Waals surface area contributed by atoms with Crippen LogP contribution in [-0.4, -0.2) is 21.7 Å². The minimum absolute atomic E-state index is 0.202. The minimum atomic E-state index is -0.562. The van der Waals surface area contributed by atoms with Gasteiger partial charge in [0.2, 0.25) is 5.91 Å². The van der Waals surface area contributed by atoms with Gasteiger partial charge in [0, 0.05) is 13.2 Å². The van der Waals surface area contributed by atoms with E-state index in [1.165, 1.54) is 0 Å². The van der Waals surface area contributed by atoms with Crippen molar-refractivity contribution in [3.05, 3.63) is 48.3 Å². The maximum Gasteiger partial charge on any atom is 0.241 e. The highest BCUT2D eigenvalue weighted by Gasteiger charge is 2.14. The van der Waals surface area contributed by atoms with Gasteiger partial charge < -0.3 is 11.1 Å². The van der Waals surface area contributed by atoms with E-state index in [0.717, 1.165) is 5.56 Å². The SMILES string of the molecule is Cn1cc(NC(=O)[C@H](N)Cc2ccccc2)cn1. The second-order valence-corrected chi connectivity index (χ2v) is 4.19.